The van der Waals surface area contributed by atoms with Crippen molar-refractivity contribution >= 4 is 16.9 Å². The Morgan fingerprint density at radius 2 is 2.00 bits per heavy atom. The van der Waals surface area contributed by atoms with Gasteiger partial charge in [-0.05, 0) is 12.1 Å². The van der Waals surface area contributed by atoms with E-state index in [0.29, 0.717) is 5.52 Å². The summed E-state index contributed by atoms with van der Waals surface area (Å²) < 4.78 is 13.0. The molecule has 1 saturated heterocycles. The molecule has 17 heavy (non-hydrogen) atoms. The number of aromatic nitrogens is 2. The zero-order valence-electron chi connectivity index (χ0n) is 9.36. The van der Waals surface area contributed by atoms with E-state index in [-0.39, 0.29) is 5.82 Å². The molecule has 2 aromatic rings. The van der Waals surface area contributed by atoms with Crippen LogP contribution in [-0.2, 0) is 0 Å². The van der Waals surface area contributed by atoms with Gasteiger partial charge >= 0.3 is 0 Å². The van der Waals surface area contributed by atoms with Crippen LogP contribution in [0.3, 0.4) is 0 Å². The largest absolute Gasteiger partial charge is 0.353 e. The molecule has 88 valence electrons. The first-order valence-corrected chi connectivity index (χ1v) is 5.71. The van der Waals surface area contributed by atoms with Gasteiger partial charge in [-0.25, -0.2) is 9.37 Å². The average molecular weight is 232 g/mol. The van der Waals surface area contributed by atoms with Gasteiger partial charge in [0.15, 0.2) is 0 Å². The molecule has 1 aliphatic rings. The van der Waals surface area contributed by atoms with Gasteiger partial charge in [0, 0.05) is 32.2 Å². The molecule has 1 aliphatic heterocycles. The summed E-state index contributed by atoms with van der Waals surface area (Å²) in [7, 11) is 0. The van der Waals surface area contributed by atoms with E-state index < -0.39 is 0 Å². The number of rotatable bonds is 1. The van der Waals surface area contributed by atoms with E-state index in [4.69, 9.17) is 0 Å². The highest BCUT2D eigenvalue weighted by molar-refractivity contribution is 5.75. The molecule has 3 rings (SSSR count). The third kappa shape index (κ3) is 2.06. The van der Waals surface area contributed by atoms with E-state index in [1.807, 2.05) is 0 Å². The van der Waals surface area contributed by atoms with Crippen molar-refractivity contribution in [1.29, 1.82) is 0 Å². The van der Waals surface area contributed by atoms with Crippen molar-refractivity contribution in [3.63, 3.8) is 0 Å². The molecule has 1 N–H and O–H groups in total. The van der Waals surface area contributed by atoms with Gasteiger partial charge < -0.3 is 10.2 Å². The second-order valence-corrected chi connectivity index (χ2v) is 4.10. The molecule has 1 aromatic carbocycles. The van der Waals surface area contributed by atoms with Gasteiger partial charge in [-0.15, -0.1) is 0 Å². The third-order valence-corrected chi connectivity index (χ3v) is 2.93. The molecular weight excluding hydrogens is 219 g/mol. The predicted molar refractivity (Wildman–Crippen MR) is 64.6 cm³/mol. The lowest BCUT2D eigenvalue weighted by Gasteiger charge is -2.28. The number of hydrogen-bond donors (Lipinski definition) is 1. The second-order valence-electron chi connectivity index (χ2n) is 4.10. The minimum atomic E-state index is -0.276. The molecule has 0 bridgehead atoms. The minimum Gasteiger partial charge on any atom is -0.353 e. The summed E-state index contributed by atoms with van der Waals surface area (Å²) in [5.41, 5.74) is 1.34. The minimum absolute atomic E-state index is 0.276. The number of benzene rings is 1. The Labute approximate surface area is 98.5 Å². The van der Waals surface area contributed by atoms with Crippen LogP contribution in [0, 0.1) is 5.82 Å². The molecule has 2 heterocycles. The molecule has 1 fully saturated rings. The highest BCUT2D eigenvalue weighted by Crippen LogP contribution is 2.16. The molecule has 4 nitrogen and oxygen atoms in total. The van der Waals surface area contributed by atoms with Gasteiger partial charge in [-0.1, -0.05) is 0 Å². The van der Waals surface area contributed by atoms with E-state index >= 15 is 0 Å². The summed E-state index contributed by atoms with van der Waals surface area (Å²) in [6, 6.07) is 4.49. The summed E-state index contributed by atoms with van der Waals surface area (Å²) in [4.78, 5) is 10.9. The Bertz CT molecular complexity index is 537. The lowest BCUT2D eigenvalue weighted by Crippen LogP contribution is -2.43. The Hall–Kier alpha value is -1.75. The van der Waals surface area contributed by atoms with Gasteiger partial charge in [-0.3, -0.25) is 4.98 Å². The fourth-order valence-electron chi connectivity index (χ4n) is 2.02. The predicted octanol–water partition coefficient (Wildman–Crippen LogP) is 1.18. The lowest BCUT2D eigenvalue weighted by molar-refractivity contribution is 0.585. The first kappa shape index (κ1) is 10.4. The van der Waals surface area contributed by atoms with Crippen LogP contribution >= 0.6 is 0 Å². The van der Waals surface area contributed by atoms with Gasteiger partial charge in [0.05, 0.1) is 17.2 Å². The van der Waals surface area contributed by atoms with Crippen LogP contribution in [0.15, 0.2) is 24.4 Å². The van der Waals surface area contributed by atoms with Crippen LogP contribution in [0.1, 0.15) is 0 Å². The highest BCUT2D eigenvalue weighted by atomic mass is 19.1. The quantitative estimate of drug-likeness (QED) is 0.801. The molecule has 1 aromatic heterocycles. The van der Waals surface area contributed by atoms with Crippen LogP contribution < -0.4 is 10.2 Å². The van der Waals surface area contributed by atoms with E-state index in [1.54, 1.807) is 12.3 Å². The van der Waals surface area contributed by atoms with Crippen LogP contribution in [0.2, 0.25) is 0 Å². The summed E-state index contributed by atoms with van der Waals surface area (Å²) in [6.07, 6.45) is 1.72. The fourth-order valence-corrected chi connectivity index (χ4v) is 2.02. The molecule has 0 atom stereocenters. The first-order chi connectivity index (χ1) is 8.33. The maximum Gasteiger partial charge on any atom is 0.147 e. The van der Waals surface area contributed by atoms with Crippen molar-refractivity contribution in [1.82, 2.24) is 15.3 Å². The van der Waals surface area contributed by atoms with Gasteiger partial charge in [-0.2, -0.15) is 0 Å². The Kier molecular flexibility index (Phi) is 2.60. The Balaban J connectivity index is 1.98. The Morgan fingerprint density at radius 3 is 2.82 bits per heavy atom. The number of nitrogens with zero attached hydrogens (tertiary/aromatic N) is 3. The molecule has 0 amide bonds. The lowest BCUT2D eigenvalue weighted by atomic mass is 10.3. The molecule has 0 aliphatic carbocycles. The zero-order chi connectivity index (χ0) is 11.7. The van der Waals surface area contributed by atoms with Crippen LogP contribution in [0.4, 0.5) is 10.2 Å². The summed E-state index contributed by atoms with van der Waals surface area (Å²) in [5.74, 6) is 0.590. The molecule has 0 saturated carbocycles. The smallest absolute Gasteiger partial charge is 0.147 e. The first-order valence-electron chi connectivity index (χ1n) is 5.71. The van der Waals surface area contributed by atoms with E-state index in [2.05, 4.69) is 20.2 Å². The number of nitrogens with one attached hydrogen (secondary N) is 1. The second kappa shape index (κ2) is 4.25. The van der Waals surface area contributed by atoms with Gasteiger partial charge in [0.1, 0.15) is 11.6 Å². The number of fused-ring (bicyclic) bond motifs is 1. The van der Waals surface area contributed by atoms with Crippen molar-refractivity contribution in [3.05, 3.63) is 30.2 Å². The number of halogens is 1. The van der Waals surface area contributed by atoms with Crippen molar-refractivity contribution in [2.24, 2.45) is 0 Å². The van der Waals surface area contributed by atoms with Gasteiger partial charge in [0.2, 0.25) is 0 Å². The molecule has 0 radical (unpaired) electrons. The maximum absolute atomic E-state index is 13.0. The molecule has 0 unspecified atom stereocenters. The molecular formula is C12H13FN4. The highest BCUT2D eigenvalue weighted by Gasteiger charge is 2.12. The summed E-state index contributed by atoms with van der Waals surface area (Å²) in [5, 5.41) is 3.29. The van der Waals surface area contributed by atoms with Gasteiger partial charge in [0.25, 0.3) is 0 Å². The maximum atomic E-state index is 13.0. The van der Waals surface area contributed by atoms with E-state index in [1.165, 1.54) is 12.1 Å². The van der Waals surface area contributed by atoms with Crippen LogP contribution in [-0.4, -0.2) is 36.1 Å². The van der Waals surface area contributed by atoms with Crippen molar-refractivity contribution in [2.75, 3.05) is 31.1 Å². The number of piperazine rings is 1. The molecule has 5 heteroatoms. The van der Waals surface area contributed by atoms with Crippen molar-refractivity contribution in [3.8, 4) is 0 Å². The van der Waals surface area contributed by atoms with Crippen LogP contribution in [0.25, 0.3) is 11.0 Å². The van der Waals surface area contributed by atoms with E-state index in [0.717, 1.165) is 37.5 Å². The fraction of sp³-hybridized carbons (Fsp3) is 0.333. The summed E-state index contributed by atoms with van der Waals surface area (Å²) >= 11 is 0. The number of anilines is 1. The zero-order valence-corrected chi connectivity index (χ0v) is 9.36. The summed E-state index contributed by atoms with van der Waals surface area (Å²) in [6.45, 7) is 3.79. The topological polar surface area (TPSA) is 41.1 Å². The Morgan fingerprint density at radius 1 is 1.18 bits per heavy atom. The van der Waals surface area contributed by atoms with Crippen molar-refractivity contribution in [2.45, 2.75) is 0 Å². The molecule has 0 spiro atoms. The van der Waals surface area contributed by atoms with E-state index in [9.17, 15) is 4.39 Å². The number of hydrogen-bond acceptors (Lipinski definition) is 4. The monoisotopic (exact) mass is 232 g/mol. The third-order valence-electron chi connectivity index (χ3n) is 2.93. The standard InChI is InChI=1S/C12H13FN4/c13-9-1-2-10-11(7-9)15-8-12(16-10)17-5-3-14-4-6-17/h1-2,7-8,14H,3-6H2. The van der Waals surface area contributed by atoms with Crippen LogP contribution in [0.5, 0.6) is 0 Å². The normalized spacial score (nSPS) is 16.4. The van der Waals surface area contributed by atoms with Crippen molar-refractivity contribution < 1.29 is 4.39 Å². The SMILES string of the molecule is Fc1ccc2nc(N3CCNCC3)cnc2c1. The average Bonchev–Trinajstić information content (AvgIpc) is 2.39.